The summed E-state index contributed by atoms with van der Waals surface area (Å²) in [6.45, 7) is 3.89. The zero-order valence-corrected chi connectivity index (χ0v) is 15.3. The second-order valence-corrected chi connectivity index (χ2v) is 7.47. The Bertz CT molecular complexity index is 629. The number of rotatable bonds is 4. The van der Waals surface area contributed by atoms with Crippen LogP contribution in [0.3, 0.4) is 0 Å². The lowest BCUT2D eigenvalue weighted by atomic mass is 9.72. The number of nitrogens with zero attached hydrogens (tertiary/aromatic N) is 2. The van der Waals surface area contributed by atoms with E-state index in [2.05, 4.69) is 19.0 Å². The van der Waals surface area contributed by atoms with E-state index >= 15 is 0 Å². The van der Waals surface area contributed by atoms with Crippen LogP contribution in [0.1, 0.15) is 23.2 Å². The molecule has 0 radical (unpaired) electrons. The van der Waals surface area contributed by atoms with Crippen LogP contribution in [0.5, 0.6) is 5.75 Å². The molecule has 2 fully saturated rings. The Kier molecular flexibility index (Phi) is 5.29. The monoisotopic (exact) mass is 350 g/mol. The van der Waals surface area contributed by atoms with E-state index < -0.39 is 5.82 Å². The van der Waals surface area contributed by atoms with Crippen molar-refractivity contribution in [3.63, 3.8) is 0 Å². The topological polar surface area (TPSA) is 42.0 Å². The molecule has 0 unspecified atom stereocenters. The van der Waals surface area contributed by atoms with E-state index in [-0.39, 0.29) is 17.1 Å². The fourth-order valence-electron chi connectivity index (χ4n) is 4.21. The molecule has 1 amide bonds. The van der Waals surface area contributed by atoms with Crippen LogP contribution in [0.15, 0.2) is 18.2 Å². The Labute approximate surface area is 148 Å². The normalized spacial score (nSPS) is 22.6. The zero-order valence-electron chi connectivity index (χ0n) is 15.3. The number of methoxy groups -OCH3 is 1. The molecule has 1 atom stereocenters. The second-order valence-electron chi connectivity index (χ2n) is 7.47. The van der Waals surface area contributed by atoms with Crippen LogP contribution in [0.4, 0.5) is 4.39 Å². The van der Waals surface area contributed by atoms with Gasteiger partial charge in [0.2, 0.25) is 0 Å². The maximum Gasteiger partial charge on any atom is 0.253 e. The number of ether oxygens (including phenoxy) is 2. The summed E-state index contributed by atoms with van der Waals surface area (Å²) in [6.07, 6.45) is 1.96. The predicted molar refractivity (Wildman–Crippen MR) is 93.4 cm³/mol. The fraction of sp³-hybridized carbons (Fsp3) is 0.632. The molecule has 0 N–H and O–H groups in total. The van der Waals surface area contributed by atoms with Gasteiger partial charge in [0.25, 0.3) is 5.91 Å². The quantitative estimate of drug-likeness (QED) is 0.835. The Balaban J connectivity index is 1.80. The van der Waals surface area contributed by atoms with Gasteiger partial charge in [0.05, 0.1) is 7.11 Å². The van der Waals surface area contributed by atoms with Gasteiger partial charge in [-0.2, -0.15) is 0 Å². The lowest BCUT2D eigenvalue weighted by Gasteiger charge is -2.38. The molecule has 3 rings (SSSR count). The van der Waals surface area contributed by atoms with Crippen molar-refractivity contribution in [1.29, 1.82) is 0 Å². The summed E-state index contributed by atoms with van der Waals surface area (Å²) >= 11 is 0. The maximum atomic E-state index is 14.0. The highest BCUT2D eigenvalue weighted by Crippen LogP contribution is 2.44. The number of carbonyl (C=O) groups is 1. The Hall–Kier alpha value is -1.66. The Morgan fingerprint density at radius 1 is 1.40 bits per heavy atom. The average Bonchev–Trinajstić information content (AvgIpc) is 2.92. The molecule has 5 nitrogen and oxygen atoms in total. The molecule has 2 saturated heterocycles. The third kappa shape index (κ3) is 3.65. The summed E-state index contributed by atoms with van der Waals surface area (Å²) in [4.78, 5) is 17.0. The van der Waals surface area contributed by atoms with Crippen molar-refractivity contribution in [2.45, 2.75) is 12.8 Å². The van der Waals surface area contributed by atoms with Crippen molar-refractivity contribution in [2.24, 2.45) is 11.3 Å². The standard InChI is InChI=1S/C19H27FN2O3/c1-21(2)11-15-12-22(13-19(15)6-8-25-9-7-19)18(23)14-4-5-17(24-3)16(20)10-14/h4-5,10,15H,6-9,11-13H2,1-3H3/t15-/m0/s1. The molecule has 1 spiro atoms. The van der Waals surface area contributed by atoms with Crippen LogP contribution in [0.25, 0.3) is 0 Å². The van der Waals surface area contributed by atoms with Crippen LogP contribution >= 0.6 is 0 Å². The first-order valence-corrected chi connectivity index (χ1v) is 8.80. The highest BCUT2D eigenvalue weighted by Gasteiger charge is 2.48. The summed E-state index contributed by atoms with van der Waals surface area (Å²) in [5.41, 5.74) is 0.495. The van der Waals surface area contributed by atoms with Gasteiger partial charge in [0, 0.05) is 38.4 Å². The lowest BCUT2D eigenvalue weighted by Crippen LogP contribution is -2.40. The lowest BCUT2D eigenvalue weighted by molar-refractivity contribution is -0.00451. The Morgan fingerprint density at radius 3 is 2.72 bits per heavy atom. The molecular formula is C19H27FN2O3. The van der Waals surface area contributed by atoms with Gasteiger partial charge in [-0.1, -0.05) is 0 Å². The van der Waals surface area contributed by atoms with E-state index in [0.717, 1.165) is 39.1 Å². The van der Waals surface area contributed by atoms with Crippen molar-refractivity contribution in [1.82, 2.24) is 9.80 Å². The minimum absolute atomic E-state index is 0.103. The van der Waals surface area contributed by atoms with Gasteiger partial charge in [-0.3, -0.25) is 4.79 Å². The van der Waals surface area contributed by atoms with Crippen LogP contribution in [0.2, 0.25) is 0 Å². The number of likely N-dealkylation sites (tertiary alicyclic amines) is 1. The molecule has 0 aliphatic carbocycles. The second kappa shape index (κ2) is 7.30. The van der Waals surface area contributed by atoms with Gasteiger partial charge in [0.15, 0.2) is 11.6 Å². The van der Waals surface area contributed by atoms with Crippen LogP contribution < -0.4 is 4.74 Å². The minimum atomic E-state index is -0.502. The molecule has 6 heteroatoms. The molecule has 0 saturated carbocycles. The summed E-state index contributed by atoms with van der Waals surface area (Å²) in [5, 5.41) is 0. The maximum absolute atomic E-state index is 14.0. The highest BCUT2D eigenvalue weighted by molar-refractivity contribution is 5.94. The van der Waals surface area contributed by atoms with Gasteiger partial charge < -0.3 is 19.3 Å². The van der Waals surface area contributed by atoms with Crippen molar-refractivity contribution < 1.29 is 18.7 Å². The summed E-state index contributed by atoms with van der Waals surface area (Å²) < 4.78 is 24.5. The van der Waals surface area contributed by atoms with Crippen molar-refractivity contribution in [3.05, 3.63) is 29.6 Å². The zero-order chi connectivity index (χ0) is 18.0. The molecular weight excluding hydrogens is 323 g/mol. The Morgan fingerprint density at radius 2 is 2.12 bits per heavy atom. The van der Waals surface area contributed by atoms with Gasteiger partial charge >= 0.3 is 0 Å². The molecule has 2 aliphatic rings. The largest absolute Gasteiger partial charge is 0.494 e. The third-order valence-electron chi connectivity index (χ3n) is 5.57. The molecule has 0 bridgehead atoms. The van der Waals surface area contributed by atoms with Crippen molar-refractivity contribution in [3.8, 4) is 5.75 Å². The molecule has 138 valence electrons. The molecule has 0 aromatic heterocycles. The molecule has 1 aromatic carbocycles. The van der Waals surface area contributed by atoms with Gasteiger partial charge in [0.1, 0.15) is 0 Å². The van der Waals surface area contributed by atoms with E-state index in [1.54, 1.807) is 6.07 Å². The van der Waals surface area contributed by atoms with E-state index in [1.807, 2.05) is 4.90 Å². The van der Waals surface area contributed by atoms with Crippen LogP contribution in [0, 0.1) is 17.2 Å². The number of halogens is 1. The first-order valence-electron chi connectivity index (χ1n) is 8.80. The number of benzene rings is 1. The average molecular weight is 350 g/mol. The van der Waals surface area contributed by atoms with E-state index in [9.17, 15) is 9.18 Å². The smallest absolute Gasteiger partial charge is 0.253 e. The summed E-state index contributed by atoms with van der Waals surface area (Å²) in [7, 11) is 5.55. The number of hydrogen-bond donors (Lipinski definition) is 0. The highest BCUT2D eigenvalue weighted by atomic mass is 19.1. The number of carbonyl (C=O) groups excluding carboxylic acids is 1. The minimum Gasteiger partial charge on any atom is -0.494 e. The van der Waals surface area contributed by atoms with Gasteiger partial charge in [-0.25, -0.2) is 4.39 Å². The van der Waals surface area contributed by atoms with E-state index in [4.69, 9.17) is 9.47 Å². The number of amides is 1. The molecule has 25 heavy (non-hydrogen) atoms. The van der Waals surface area contributed by atoms with Crippen molar-refractivity contribution >= 4 is 5.91 Å². The van der Waals surface area contributed by atoms with Crippen LogP contribution in [-0.4, -0.2) is 69.8 Å². The predicted octanol–water partition coefficient (Wildman–Crippen LogP) is 2.26. The molecule has 2 heterocycles. The van der Waals surface area contributed by atoms with Crippen molar-refractivity contribution in [2.75, 3.05) is 54.1 Å². The van der Waals surface area contributed by atoms with Gasteiger partial charge in [-0.05, 0) is 56.5 Å². The first-order chi connectivity index (χ1) is 11.9. The van der Waals surface area contributed by atoms with Gasteiger partial charge in [-0.15, -0.1) is 0 Å². The first kappa shape index (κ1) is 18.1. The summed E-state index contributed by atoms with van der Waals surface area (Å²) in [5.74, 6) is -0.0327. The van der Waals surface area contributed by atoms with Crippen LogP contribution in [-0.2, 0) is 4.74 Å². The van der Waals surface area contributed by atoms with E-state index in [0.29, 0.717) is 18.0 Å². The van der Waals surface area contributed by atoms with E-state index in [1.165, 1.54) is 19.2 Å². The molecule has 2 aliphatic heterocycles. The third-order valence-corrected chi connectivity index (χ3v) is 5.57. The molecule has 1 aromatic rings. The number of hydrogen-bond acceptors (Lipinski definition) is 4. The summed E-state index contributed by atoms with van der Waals surface area (Å²) in [6, 6.07) is 4.43. The SMILES string of the molecule is COc1ccc(C(=O)N2C[C@H](CN(C)C)C3(CCOCC3)C2)cc1F. The fourth-order valence-corrected chi connectivity index (χ4v) is 4.21.